The molecule has 0 spiro atoms. The monoisotopic (exact) mass is 265 g/mol. The van der Waals surface area contributed by atoms with Crippen molar-refractivity contribution in [2.24, 2.45) is 5.92 Å². The van der Waals surface area contributed by atoms with Gasteiger partial charge in [-0.2, -0.15) is 0 Å². The van der Waals surface area contributed by atoms with Crippen LogP contribution in [0.1, 0.15) is 39.9 Å². The molecule has 0 bridgehead atoms. The van der Waals surface area contributed by atoms with Crippen LogP contribution >= 0.6 is 0 Å². The molecule has 1 heterocycles. The zero-order chi connectivity index (χ0) is 14.4. The second kappa shape index (κ2) is 7.14. The van der Waals surface area contributed by atoms with Gasteiger partial charge < -0.3 is 14.8 Å². The predicted molar refractivity (Wildman–Crippen MR) is 75.4 cm³/mol. The number of hydrogen-bond acceptors (Lipinski definition) is 3. The molecule has 2 N–H and O–H groups in total. The molecule has 2 atom stereocenters. The van der Waals surface area contributed by atoms with Gasteiger partial charge in [0.05, 0.1) is 18.4 Å². The quantitative estimate of drug-likeness (QED) is 0.777. The normalized spacial score (nSPS) is 15.4. The molecular formula is C15H23NO3. The summed E-state index contributed by atoms with van der Waals surface area (Å²) in [5, 5.41) is 12.9. The van der Waals surface area contributed by atoms with Crippen LogP contribution in [0, 0.1) is 5.92 Å². The number of aliphatic hydroxyl groups excluding tert-OH is 1. The minimum absolute atomic E-state index is 0.111. The topological polar surface area (TPSA) is 62.5 Å². The first-order chi connectivity index (χ1) is 8.95. The van der Waals surface area contributed by atoms with Crippen molar-refractivity contribution in [3.05, 3.63) is 29.7 Å². The Bertz CT molecular complexity index is 421. The number of nitrogens with one attached hydrogen (secondary N) is 1. The number of furan rings is 1. The zero-order valence-corrected chi connectivity index (χ0v) is 12.0. The van der Waals surface area contributed by atoms with Crippen LogP contribution < -0.4 is 5.32 Å². The van der Waals surface area contributed by atoms with Crippen LogP contribution in [0.15, 0.2) is 28.4 Å². The van der Waals surface area contributed by atoms with Crippen LogP contribution in [0.2, 0.25) is 0 Å². The molecule has 0 aliphatic carbocycles. The number of hydrogen-bond donors (Lipinski definition) is 2. The molecule has 1 amide bonds. The van der Waals surface area contributed by atoms with E-state index in [-0.39, 0.29) is 17.9 Å². The summed E-state index contributed by atoms with van der Waals surface area (Å²) in [6.45, 7) is 7.55. The van der Waals surface area contributed by atoms with Gasteiger partial charge in [0.25, 0.3) is 0 Å². The van der Waals surface area contributed by atoms with Crippen molar-refractivity contribution in [3.8, 4) is 0 Å². The molecule has 0 fully saturated rings. The Morgan fingerprint density at radius 2 is 2.21 bits per heavy atom. The summed E-state index contributed by atoms with van der Waals surface area (Å²) in [5.41, 5.74) is 0.560. The highest BCUT2D eigenvalue weighted by Crippen LogP contribution is 2.11. The first-order valence-corrected chi connectivity index (χ1v) is 6.66. The zero-order valence-electron chi connectivity index (χ0n) is 12.0. The van der Waals surface area contributed by atoms with E-state index in [1.54, 1.807) is 31.4 Å². The molecular weight excluding hydrogens is 242 g/mol. The largest absolute Gasteiger partial charge is 0.465 e. The highest BCUT2D eigenvalue weighted by atomic mass is 16.3. The highest BCUT2D eigenvalue weighted by molar-refractivity contribution is 5.97. The van der Waals surface area contributed by atoms with E-state index in [2.05, 4.69) is 5.32 Å². The van der Waals surface area contributed by atoms with E-state index in [9.17, 15) is 9.90 Å². The molecule has 0 saturated carbocycles. The number of aliphatic hydroxyl groups is 1. The van der Waals surface area contributed by atoms with E-state index < -0.39 is 6.10 Å². The van der Waals surface area contributed by atoms with E-state index in [0.29, 0.717) is 17.8 Å². The minimum atomic E-state index is -0.537. The Morgan fingerprint density at radius 3 is 2.68 bits per heavy atom. The van der Waals surface area contributed by atoms with Crippen molar-refractivity contribution in [1.29, 1.82) is 0 Å². The fraction of sp³-hybridized carbons (Fsp3) is 0.533. The smallest absolute Gasteiger partial charge is 0.247 e. The molecule has 1 rings (SSSR count). The average Bonchev–Trinajstić information content (AvgIpc) is 2.87. The molecule has 19 heavy (non-hydrogen) atoms. The molecule has 4 nitrogen and oxygen atoms in total. The predicted octanol–water partition coefficient (Wildman–Crippen LogP) is 2.59. The number of carbonyl (C=O) groups excluding carboxylic acids is 1. The van der Waals surface area contributed by atoms with E-state index in [1.807, 2.05) is 20.8 Å². The second-order valence-electron chi connectivity index (χ2n) is 5.07. The van der Waals surface area contributed by atoms with Gasteiger partial charge in [-0.1, -0.05) is 20.8 Å². The van der Waals surface area contributed by atoms with Gasteiger partial charge in [-0.05, 0) is 37.5 Å². The fourth-order valence-corrected chi connectivity index (χ4v) is 1.83. The Morgan fingerprint density at radius 1 is 1.53 bits per heavy atom. The lowest BCUT2D eigenvalue weighted by Crippen LogP contribution is -2.45. The van der Waals surface area contributed by atoms with Crippen LogP contribution in [-0.4, -0.2) is 23.2 Å². The highest BCUT2D eigenvalue weighted by Gasteiger charge is 2.22. The molecule has 2 unspecified atom stereocenters. The molecule has 4 heteroatoms. The number of carbonyl (C=O) groups is 1. The minimum Gasteiger partial charge on any atom is -0.465 e. The van der Waals surface area contributed by atoms with Crippen molar-refractivity contribution in [3.63, 3.8) is 0 Å². The van der Waals surface area contributed by atoms with Gasteiger partial charge in [-0.25, -0.2) is 0 Å². The Labute approximate surface area is 114 Å². The van der Waals surface area contributed by atoms with Crippen LogP contribution in [0.5, 0.6) is 0 Å². The molecule has 0 aliphatic heterocycles. The summed E-state index contributed by atoms with van der Waals surface area (Å²) in [7, 11) is 0. The molecule has 0 saturated heterocycles. The van der Waals surface area contributed by atoms with E-state index in [1.165, 1.54) is 0 Å². The van der Waals surface area contributed by atoms with E-state index in [4.69, 9.17) is 4.42 Å². The first kappa shape index (κ1) is 15.5. The van der Waals surface area contributed by atoms with Crippen molar-refractivity contribution in [2.75, 3.05) is 0 Å². The lowest BCUT2D eigenvalue weighted by molar-refractivity contribution is -0.119. The molecule has 106 valence electrons. The molecule has 0 radical (unpaired) electrons. The molecule has 1 aromatic rings. The van der Waals surface area contributed by atoms with Gasteiger partial charge in [0, 0.05) is 5.57 Å². The van der Waals surface area contributed by atoms with Gasteiger partial charge >= 0.3 is 0 Å². The van der Waals surface area contributed by atoms with Crippen LogP contribution in [0.3, 0.4) is 0 Å². The third kappa shape index (κ3) is 4.56. The van der Waals surface area contributed by atoms with Crippen LogP contribution in [-0.2, 0) is 4.79 Å². The van der Waals surface area contributed by atoms with E-state index >= 15 is 0 Å². The molecule has 0 aromatic carbocycles. The number of amides is 1. The SMILES string of the molecule is CCC(NC(=O)/C(C)=C/c1ccco1)C(O)C(C)C. The fourth-order valence-electron chi connectivity index (χ4n) is 1.83. The standard InChI is InChI=1S/C15H23NO3/c1-5-13(14(17)10(2)3)16-15(18)11(4)9-12-7-6-8-19-12/h6-10,13-14,17H,5H2,1-4H3,(H,16,18)/b11-9+. The first-order valence-electron chi connectivity index (χ1n) is 6.66. The van der Waals surface area contributed by atoms with Gasteiger partial charge in [-0.3, -0.25) is 4.79 Å². The maximum atomic E-state index is 12.0. The van der Waals surface area contributed by atoms with Crippen molar-refractivity contribution >= 4 is 12.0 Å². The maximum Gasteiger partial charge on any atom is 0.247 e. The summed E-state index contributed by atoms with van der Waals surface area (Å²) in [4.78, 5) is 12.0. The lowest BCUT2D eigenvalue weighted by atomic mass is 9.97. The summed E-state index contributed by atoms with van der Waals surface area (Å²) < 4.78 is 5.17. The Hall–Kier alpha value is -1.55. The van der Waals surface area contributed by atoms with Gasteiger partial charge in [-0.15, -0.1) is 0 Å². The van der Waals surface area contributed by atoms with Crippen LogP contribution in [0.4, 0.5) is 0 Å². The Kier molecular flexibility index (Phi) is 5.83. The van der Waals surface area contributed by atoms with Crippen molar-refractivity contribution in [2.45, 2.75) is 46.3 Å². The van der Waals surface area contributed by atoms with Crippen molar-refractivity contribution in [1.82, 2.24) is 5.32 Å². The lowest BCUT2D eigenvalue weighted by Gasteiger charge is -2.25. The molecule has 1 aromatic heterocycles. The average molecular weight is 265 g/mol. The molecule has 0 aliphatic rings. The third-order valence-electron chi connectivity index (χ3n) is 3.11. The van der Waals surface area contributed by atoms with Gasteiger partial charge in [0.2, 0.25) is 5.91 Å². The Balaban J connectivity index is 2.67. The van der Waals surface area contributed by atoms with E-state index in [0.717, 1.165) is 0 Å². The van der Waals surface area contributed by atoms with Gasteiger partial charge in [0.15, 0.2) is 0 Å². The summed E-state index contributed by atoms with van der Waals surface area (Å²) in [6, 6.07) is 3.33. The number of rotatable bonds is 6. The second-order valence-corrected chi connectivity index (χ2v) is 5.07. The van der Waals surface area contributed by atoms with Crippen molar-refractivity contribution < 1.29 is 14.3 Å². The third-order valence-corrected chi connectivity index (χ3v) is 3.11. The summed E-state index contributed by atoms with van der Waals surface area (Å²) in [6.07, 6.45) is 3.41. The van der Waals surface area contributed by atoms with Gasteiger partial charge in [0.1, 0.15) is 5.76 Å². The van der Waals surface area contributed by atoms with Crippen LogP contribution in [0.25, 0.3) is 6.08 Å². The maximum absolute atomic E-state index is 12.0. The summed E-state index contributed by atoms with van der Waals surface area (Å²) >= 11 is 0. The summed E-state index contributed by atoms with van der Waals surface area (Å²) in [5.74, 6) is 0.577.